The van der Waals surface area contributed by atoms with Gasteiger partial charge in [0.2, 0.25) is 0 Å². The quantitative estimate of drug-likeness (QED) is 0.676. The summed E-state index contributed by atoms with van der Waals surface area (Å²) >= 11 is 0. The van der Waals surface area contributed by atoms with Gasteiger partial charge in [0, 0.05) is 30.7 Å². The lowest BCUT2D eigenvalue weighted by Crippen LogP contribution is -2.32. The molecule has 0 radical (unpaired) electrons. The Hall–Kier alpha value is -1.05. The lowest BCUT2D eigenvalue weighted by molar-refractivity contribution is 0.438. The van der Waals surface area contributed by atoms with E-state index >= 15 is 0 Å². The minimum Gasteiger partial charge on any atom is -0.371 e. The first-order valence-electron chi connectivity index (χ1n) is 5.43. The molecule has 2 rings (SSSR count). The molecule has 2 nitrogen and oxygen atoms in total. The third-order valence-corrected chi connectivity index (χ3v) is 3.03. The third-order valence-electron chi connectivity index (χ3n) is 3.03. The van der Waals surface area contributed by atoms with Crippen molar-refractivity contribution in [3.8, 4) is 0 Å². The van der Waals surface area contributed by atoms with E-state index in [-0.39, 0.29) is 0 Å². The van der Waals surface area contributed by atoms with Crippen LogP contribution in [0, 0.1) is 12.8 Å². The van der Waals surface area contributed by atoms with Crippen LogP contribution in [0.2, 0.25) is 0 Å². The van der Waals surface area contributed by atoms with Crippen molar-refractivity contribution in [2.75, 3.05) is 18.0 Å². The lowest BCUT2D eigenvalue weighted by atomic mass is 9.99. The van der Waals surface area contributed by atoms with Gasteiger partial charge in [0.15, 0.2) is 0 Å². The summed E-state index contributed by atoms with van der Waals surface area (Å²) in [6.45, 7) is 6.79. The highest BCUT2D eigenvalue weighted by Gasteiger charge is 2.15. The van der Waals surface area contributed by atoms with Gasteiger partial charge < -0.3 is 4.90 Å². The Balaban J connectivity index is 2.08. The van der Waals surface area contributed by atoms with Crippen LogP contribution in [0.25, 0.3) is 0 Å². The fourth-order valence-electron chi connectivity index (χ4n) is 1.99. The molecule has 1 aromatic heterocycles. The van der Waals surface area contributed by atoms with Gasteiger partial charge in [0.25, 0.3) is 0 Å². The molecule has 0 aliphatic carbocycles. The van der Waals surface area contributed by atoms with E-state index in [2.05, 4.69) is 35.9 Å². The lowest BCUT2D eigenvalue weighted by Gasteiger charge is -2.32. The van der Waals surface area contributed by atoms with E-state index in [1.807, 2.05) is 6.20 Å². The van der Waals surface area contributed by atoms with Crippen molar-refractivity contribution in [3.05, 3.63) is 24.0 Å². The van der Waals surface area contributed by atoms with Crippen LogP contribution in [0.15, 0.2) is 18.3 Å². The highest BCUT2D eigenvalue weighted by atomic mass is 15.1. The number of aromatic nitrogens is 1. The van der Waals surface area contributed by atoms with E-state index < -0.39 is 0 Å². The number of hydrogen-bond acceptors (Lipinski definition) is 2. The Bertz CT molecular complexity index is 301. The topological polar surface area (TPSA) is 16.1 Å². The smallest absolute Gasteiger partial charge is 0.0399 e. The van der Waals surface area contributed by atoms with Gasteiger partial charge in [-0.05, 0) is 37.8 Å². The monoisotopic (exact) mass is 190 g/mol. The number of nitrogens with zero attached hydrogens (tertiary/aromatic N) is 2. The Morgan fingerprint density at radius 1 is 1.36 bits per heavy atom. The summed E-state index contributed by atoms with van der Waals surface area (Å²) in [4.78, 5) is 6.69. The molecular weight excluding hydrogens is 172 g/mol. The number of hydrogen-bond donors (Lipinski definition) is 0. The maximum absolute atomic E-state index is 4.22. The molecule has 14 heavy (non-hydrogen) atoms. The Morgan fingerprint density at radius 3 is 2.71 bits per heavy atom. The van der Waals surface area contributed by atoms with Crippen molar-refractivity contribution in [2.45, 2.75) is 26.7 Å². The van der Waals surface area contributed by atoms with Gasteiger partial charge in [-0.2, -0.15) is 0 Å². The molecule has 76 valence electrons. The van der Waals surface area contributed by atoms with Crippen molar-refractivity contribution >= 4 is 5.69 Å². The standard InChI is InChI=1S/C12H18N2/c1-10-4-7-14(8-5-10)12-3-6-13-11(2)9-12/h3,6,9-10H,4-5,7-8H2,1-2H3. The van der Waals surface area contributed by atoms with Crippen LogP contribution in [0.5, 0.6) is 0 Å². The van der Waals surface area contributed by atoms with E-state index in [9.17, 15) is 0 Å². The molecule has 1 aliphatic rings. The molecule has 0 spiro atoms. The minimum absolute atomic E-state index is 0.897. The average Bonchev–Trinajstić information content (AvgIpc) is 2.19. The van der Waals surface area contributed by atoms with Gasteiger partial charge in [-0.15, -0.1) is 0 Å². The largest absolute Gasteiger partial charge is 0.371 e. The van der Waals surface area contributed by atoms with Crippen molar-refractivity contribution in [2.24, 2.45) is 5.92 Å². The second-order valence-electron chi connectivity index (χ2n) is 4.32. The molecule has 1 aromatic rings. The first-order valence-corrected chi connectivity index (χ1v) is 5.43. The molecule has 0 N–H and O–H groups in total. The normalized spacial score (nSPS) is 18.6. The molecule has 1 saturated heterocycles. The number of rotatable bonds is 1. The van der Waals surface area contributed by atoms with Gasteiger partial charge in [0.1, 0.15) is 0 Å². The summed E-state index contributed by atoms with van der Waals surface area (Å²) < 4.78 is 0. The molecule has 1 fully saturated rings. The average molecular weight is 190 g/mol. The number of piperidine rings is 1. The third kappa shape index (κ3) is 2.06. The summed E-state index contributed by atoms with van der Waals surface area (Å²) in [5.41, 5.74) is 2.45. The summed E-state index contributed by atoms with van der Waals surface area (Å²) in [6, 6.07) is 4.29. The van der Waals surface area contributed by atoms with Crippen LogP contribution in [-0.2, 0) is 0 Å². The minimum atomic E-state index is 0.897. The molecule has 1 aliphatic heterocycles. The molecule has 0 saturated carbocycles. The molecule has 2 heterocycles. The second kappa shape index (κ2) is 3.99. The second-order valence-corrected chi connectivity index (χ2v) is 4.32. The van der Waals surface area contributed by atoms with Crippen LogP contribution in [0.4, 0.5) is 5.69 Å². The molecule has 0 bridgehead atoms. The highest BCUT2D eigenvalue weighted by Crippen LogP contribution is 2.22. The first kappa shape index (κ1) is 9.50. The van der Waals surface area contributed by atoms with E-state index in [4.69, 9.17) is 0 Å². The van der Waals surface area contributed by atoms with E-state index in [1.165, 1.54) is 31.6 Å². The number of pyridine rings is 1. The molecule has 0 atom stereocenters. The predicted octanol–water partition coefficient (Wildman–Crippen LogP) is 2.63. The fraction of sp³-hybridized carbons (Fsp3) is 0.583. The SMILES string of the molecule is Cc1cc(N2CCC(C)CC2)ccn1. The van der Waals surface area contributed by atoms with Gasteiger partial charge >= 0.3 is 0 Å². The first-order chi connectivity index (χ1) is 6.75. The molecule has 0 aromatic carbocycles. The Kier molecular flexibility index (Phi) is 2.71. The van der Waals surface area contributed by atoms with Crippen LogP contribution >= 0.6 is 0 Å². The molecule has 2 heteroatoms. The zero-order chi connectivity index (χ0) is 9.97. The van der Waals surface area contributed by atoms with Gasteiger partial charge in [-0.25, -0.2) is 0 Å². The van der Waals surface area contributed by atoms with Gasteiger partial charge in [-0.1, -0.05) is 6.92 Å². The zero-order valence-electron chi connectivity index (χ0n) is 9.03. The summed E-state index contributed by atoms with van der Waals surface area (Å²) in [5.74, 6) is 0.897. The number of aryl methyl sites for hydroxylation is 1. The van der Waals surface area contributed by atoms with Crippen molar-refractivity contribution in [3.63, 3.8) is 0 Å². The summed E-state index contributed by atoms with van der Waals surface area (Å²) in [7, 11) is 0. The van der Waals surface area contributed by atoms with Gasteiger partial charge in [-0.3, -0.25) is 4.98 Å². The van der Waals surface area contributed by atoms with Crippen LogP contribution in [0.1, 0.15) is 25.5 Å². The van der Waals surface area contributed by atoms with Crippen LogP contribution in [-0.4, -0.2) is 18.1 Å². The van der Waals surface area contributed by atoms with E-state index in [0.29, 0.717) is 0 Å². The van der Waals surface area contributed by atoms with Crippen molar-refractivity contribution < 1.29 is 0 Å². The van der Waals surface area contributed by atoms with Crippen LogP contribution in [0.3, 0.4) is 0 Å². The predicted molar refractivity (Wildman–Crippen MR) is 59.6 cm³/mol. The van der Waals surface area contributed by atoms with Crippen molar-refractivity contribution in [1.29, 1.82) is 0 Å². The molecular formula is C12H18N2. The van der Waals surface area contributed by atoms with Gasteiger partial charge in [0.05, 0.1) is 0 Å². The van der Waals surface area contributed by atoms with E-state index in [1.54, 1.807) is 0 Å². The van der Waals surface area contributed by atoms with E-state index in [0.717, 1.165) is 11.6 Å². The highest BCUT2D eigenvalue weighted by molar-refractivity contribution is 5.46. The maximum atomic E-state index is 4.22. The molecule has 0 unspecified atom stereocenters. The van der Waals surface area contributed by atoms with Crippen molar-refractivity contribution in [1.82, 2.24) is 4.98 Å². The zero-order valence-corrected chi connectivity index (χ0v) is 9.03. The van der Waals surface area contributed by atoms with Crippen LogP contribution < -0.4 is 4.90 Å². The maximum Gasteiger partial charge on any atom is 0.0399 e. The fourth-order valence-corrected chi connectivity index (χ4v) is 1.99. The Labute approximate surface area is 86.0 Å². The summed E-state index contributed by atoms with van der Waals surface area (Å²) in [5, 5.41) is 0. The Morgan fingerprint density at radius 2 is 2.07 bits per heavy atom. The number of anilines is 1. The molecule has 0 amide bonds. The summed E-state index contributed by atoms with van der Waals surface area (Å²) in [6.07, 6.45) is 4.55.